The molecule has 1 aliphatic rings. The number of alkyl halides is 4. The maximum absolute atomic E-state index is 5.60. The molecule has 1 aliphatic heterocycles. The van der Waals surface area contributed by atoms with E-state index in [4.69, 9.17) is 50.8 Å². The topological polar surface area (TPSA) is 9.23 Å². The second-order valence-corrected chi connectivity index (χ2v) is 11.2. The van der Waals surface area contributed by atoms with Gasteiger partial charge < -0.3 is 4.43 Å². The second-order valence-electron chi connectivity index (χ2n) is 3.49. The number of halogens is 4. The molecular weight excluding hydrogens is 270 g/mol. The van der Waals surface area contributed by atoms with Gasteiger partial charge >= 0.3 is 0 Å². The van der Waals surface area contributed by atoms with E-state index in [1.807, 2.05) is 0 Å². The summed E-state index contributed by atoms with van der Waals surface area (Å²) >= 11 is 19.3. The Hall–Kier alpha value is 1.34. The molecule has 1 fully saturated rings. The zero-order valence-electron chi connectivity index (χ0n) is 7.75. The van der Waals surface area contributed by atoms with Crippen molar-refractivity contribution in [2.45, 2.75) is 35.2 Å². The summed E-state index contributed by atoms with van der Waals surface area (Å²) in [6.45, 7) is 5.62. The van der Waals surface area contributed by atoms with Gasteiger partial charge in [0.2, 0.25) is 0 Å². The van der Waals surface area contributed by atoms with Crippen molar-refractivity contribution < 1.29 is 4.43 Å². The summed E-state index contributed by atoms with van der Waals surface area (Å²) < 4.78 is 3.99. The molecule has 0 N–H and O–H groups in total. The predicted octanol–water partition coefficient (Wildman–Crippen LogP) is 4.55. The Balaban J connectivity index is 0.000000252. The van der Waals surface area contributed by atoms with Crippen molar-refractivity contribution in [2.24, 2.45) is 0 Å². The van der Waals surface area contributed by atoms with Crippen LogP contribution in [0.25, 0.3) is 0 Å². The molecule has 1 nitrogen and oxygen atoms in total. The summed E-state index contributed by atoms with van der Waals surface area (Å²) in [7, 11) is -1.09. The number of rotatable bonds is 0. The summed E-state index contributed by atoms with van der Waals surface area (Å²) in [5, 5.41) is 0. The van der Waals surface area contributed by atoms with Crippen molar-refractivity contribution in [3.63, 3.8) is 0 Å². The first-order valence-corrected chi connectivity index (χ1v) is 8.73. The fourth-order valence-electron chi connectivity index (χ4n) is 1.07. The minimum atomic E-state index is -1.61. The molecule has 0 aromatic heterocycles. The number of hydrogen-bond donors (Lipinski definition) is 0. The van der Waals surface area contributed by atoms with Crippen molar-refractivity contribution in [2.75, 3.05) is 6.61 Å². The zero-order valence-corrected chi connectivity index (χ0v) is 11.8. The summed E-state index contributed by atoms with van der Waals surface area (Å²) in [5.74, 6) is 0. The molecule has 0 aliphatic carbocycles. The van der Waals surface area contributed by atoms with Crippen LogP contribution in [0.5, 0.6) is 0 Å². The van der Waals surface area contributed by atoms with Crippen LogP contribution in [-0.2, 0) is 4.43 Å². The smallest absolute Gasteiger partial charge is 0.266 e. The van der Waals surface area contributed by atoms with E-state index in [9.17, 15) is 0 Å². The molecule has 0 aromatic carbocycles. The molecule has 0 aromatic rings. The maximum atomic E-state index is 5.60. The van der Waals surface area contributed by atoms with Gasteiger partial charge in [0, 0.05) is 6.61 Å². The average molecular weight is 284 g/mol. The lowest BCUT2D eigenvalue weighted by Gasteiger charge is -2.27. The largest absolute Gasteiger partial charge is 0.417 e. The lowest BCUT2D eigenvalue weighted by molar-refractivity contribution is 0.275. The van der Waals surface area contributed by atoms with Crippen LogP contribution < -0.4 is 0 Å². The van der Waals surface area contributed by atoms with Crippen LogP contribution in [0.3, 0.4) is 0 Å². The monoisotopic (exact) mass is 282 g/mol. The summed E-state index contributed by atoms with van der Waals surface area (Å²) in [4.78, 5) is 0. The Kier molecular flexibility index (Phi) is 6.66. The fraction of sp³-hybridized carbons (Fsp3) is 1.00. The first-order chi connectivity index (χ1) is 5.71. The van der Waals surface area contributed by atoms with Crippen molar-refractivity contribution in [1.29, 1.82) is 0 Å². The van der Waals surface area contributed by atoms with Gasteiger partial charge in [-0.2, -0.15) is 0 Å². The van der Waals surface area contributed by atoms with Crippen LogP contribution in [0, 0.1) is 0 Å². The Morgan fingerprint density at radius 1 is 1.08 bits per heavy atom. The molecule has 1 saturated heterocycles. The van der Waals surface area contributed by atoms with E-state index in [1.165, 1.54) is 18.9 Å². The molecule has 1 heterocycles. The Morgan fingerprint density at radius 2 is 1.54 bits per heavy atom. The van der Waals surface area contributed by atoms with E-state index in [-0.39, 0.29) is 0 Å². The SMILES string of the molecule is C[Si]1(C)CCCCO1.ClC(Cl)(Cl)Cl. The van der Waals surface area contributed by atoms with E-state index >= 15 is 0 Å². The van der Waals surface area contributed by atoms with Crippen LogP contribution >= 0.6 is 46.4 Å². The van der Waals surface area contributed by atoms with Gasteiger partial charge in [0.1, 0.15) is 0 Å². The van der Waals surface area contributed by atoms with Gasteiger partial charge in [-0.1, -0.05) is 52.8 Å². The minimum absolute atomic E-state index is 1.03. The molecule has 0 radical (unpaired) electrons. The van der Waals surface area contributed by atoms with E-state index in [2.05, 4.69) is 13.1 Å². The summed E-state index contributed by atoms with van der Waals surface area (Å²) in [6.07, 6.45) is 2.69. The third kappa shape index (κ3) is 13.3. The summed E-state index contributed by atoms with van der Waals surface area (Å²) in [5.41, 5.74) is 0. The predicted molar refractivity (Wildman–Crippen MR) is 63.6 cm³/mol. The van der Waals surface area contributed by atoms with Crippen molar-refractivity contribution >= 4 is 54.7 Å². The molecule has 0 bridgehead atoms. The van der Waals surface area contributed by atoms with Gasteiger partial charge in [-0.3, -0.25) is 0 Å². The van der Waals surface area contributed by atoms with Gasteiger partial charge in [0.05, 0.1) is 0 Å². The molecular formula is C7H14Cl4OSi. The van der Waals surface area contributed by atoms with Crippen molar-refractivity contribution in [3.8, 4) is 0 Å². The van der Waals surface area contributed by atoms with Crippen molar-refractivity contribution in [1.82, 2.24) is 0 Å². The first kappa shape index (κ1) is 14.3. The van der Waals surface area contributed by atoms with Gasteiger partial charge in [0.15, 0.2) is 8.32 Å². The highest BCUT2D eigenvalue weighted by Crippen LogP contribution is 2.29. The molecule has 0 saturated carbocycles. The molecule has 6 heteroatoms. The lowest BCUT2D eigenvalue weighted by Crippen LogP contribution is -2.33. The van der Waals surface area contributed by atoms with Crippen molar-refractivity contribution in [3.05, 3.63) is 0 Å². The Bertz CT molecular complexity index is 132. The average Bonchev–Trinajstić information content (AvgIpc) is 1.82. The zero-order chi connectivity index (χ0) is 10.5. The fourth-order valence-corrected chi connectivity index (χ4v) is 3.02. The van der Waals surface area contributed by atoms with E-state index in [0.29, 0.717) is 0 Å². The highest BCUT2D eigenvalue weighted by molar-refractivity contribution is 6.83. The molecule has 80 valence electrons. The summed E-state index contributed by atoms with van der Waals surface area (Å²) in [6, 6.07) is 1.37. The van der Waals surface area contributed by atoms with Gasteiger partial charge in [0.25, 0.3) is 3.25 Å². The van der Waals surface area contributed by atoms with E-state index in [1.54, 1.807) is 0 Å². The van der Waals surface area contributed by atoms with Crippen LogP contribution in [0.4, 0.5) is 0 Å². The van der Waals surface area contributed by atoms with Crippen LogP contribution in [0.1, 0.15) is 12.8 Å². The molecule has 1 rings (SSSR count). The molecule has 0 amide bonds. The normalized spacial score (nSPS) is 21.7. The Morgan fingerprint density at radius 3 is 1.69 bits per heavy atom. The molecule has 0 atom stereocenters. The lowest BCUT2D eigenvalue weighted by atomic mass is 10.4. The van der Waals surface area contributed by atoms with Crippen LogP contribution in [0.2, 0.25) is 19.1 Å². The maximum Gasteiger partial charge on any atom is 0.266 e. The number of hydrogen-bond acceptors (Lipinski definition) is 1. The van der Waals surface area contributed by atoms with E-state index < -0.39 is 11.6 Å². The van der Waals surface area contributed by atoms with Gasteiger partial charge in [-0.05, 0) is 25.6 Å². The standard InChI is InChI=1S/C6H14OSi.CCl4/c1-8(2)6-4-3-5-7-8;2-1(3,4)5/h3-6H2,1-2H3;. The highest BCUT2D eigenvalue weighted by atomic mass is 35.6. The van der Waals surface area contributed by atoms with Gasteiger partial charge in [-0.25, -0.2) is 0 Å². The van der Waals surface area contributed by atoms with Crippen LogP contribution in [-0.4, -0.2) is 18.2 Å². The minimum Gasteiger partial charge on any atom is -0.417 e. The highest BCUT2D eigenvalue weighted by Gasteiger charge is 2.24. The van der Waals surface area contributed by atoms with Gasteiger partial charge in [-0.15, -0.1) is 0 Å². The van der Waals surface area contributed by atoms with Crippen LogP contribution in [0.15, 0.2) is 0 Å². The quantitative estimate of drug-likeness (QED) is 0.468. The van der Waals surface area contributed by atoms with E-state index in [0.717, 1.165) is 6.61 Å². The molecule has 0 spiro atoms. The third-order valence-corrected chi connectivity index (χ3v) is 4.21. The first-order valence-electron chi connectivity index (χ1n) is 4.10. The Labute approximate surface area is 101 Å². The second kappa shape index (κ2) is 6.04. The third-order valence-electron chi connectivity index (χ3n) is 1.67. The molecule has 13 heavy (non-hydrogen) atoms. The molecule has 0 unspecified atom stereocenters.